The molecule has 0 radical (unpaired) electrons. The number of nitrogens with zero attached hydrogens (tertiary/aromatic N) is 1. The molecule has 19 heavy (non-hydrogen) atoms. The second-order valence-electron chi connectivity index (χ2n) is 5.42. The Morgan fingerprint density at radius 2 is 1.79 bits per heavy atom. The molecule has 1 unspecified atom stereocenters. The van der Waals surface area contributed by atoms with Crippen molar-refractivity contribution in [2.75, 3.05) is 0 Å². The van der Waals surface area contributed by atoms with Crippen LogP contribution in [-0.2, 0) is 0 Å². The Morgan fingerprint density at radius 3 is 2.47 bits per heavy atom. The minimum absolute atomic E-state index is 0.336. The highest BCUT2D eigenvalue weighted by atomic mass is 15.0. The van der Waals surface area contributed by atoms with Crippen LogP contribution < -0.4 is 5.32 Å². The number of hydrogen-bond donors (Lipinski definition) is 1. The van der Waals surface area contributed by atoms with E-state index in [0.29, 0.717) is 12.1 Å². The van der Waals surface area contributed by atoms with Gasteiger partial charge in [0.25, 0.3) is 0 Å². The number of hydrogen-bond acceptors (Lipinski definition) is 2. The number of nitrogens with one attached hydrogen (secondary N) is 1. The van der Waals surface area contributed by atoms with E-state index in [4.69, 9.17) is 0 Å². The molecule has 1 aromatic heterocycles. The standard InChI is InChI=1S/C17H20N2/c1-13(17-9-5-6-10-18-17)19-16-11-15(12-16)14-7-3-2-4-8-14/h2-10,13,15-16,19H,11-12H2,1H3. The van der Waals surface area contributed by atoms with E-state index in [-0.39, 0.29) is 0 Å². The minimum atomic E-state index is 0.336. The molecule has 1 saturated carbocycles. The van der Waals surface area contributed by atoms with Gasteiger partial charge in [0.05, 0.1) is 5.69 Å². The summed E-state index contributed by atoms with van der Waals surface area (Å²) in [6, 6.07) is 17.9. The summed E-state index contributed by atoms with van der Waals surface area (Å²) in [7, 11) is 0. The van der Waals surface area contributed by atoms with Gasteiger partial charge in [-0.05, 0) is 43.4 Å². The van der Waals surface area contributed by atoms with Crippen LogP contribution in [0.25, 0.3) is 0 Å². The molecular formula is C17H20N2. The van der Waals surface area contributed by atoms with Crippen molar-refractivity contribution in [3.63, 3.8) is 0 Å². The molecule has 1 aliphatic rings. The number of aromatic nitrogens is 1. The van der Waals surface area contributed by atoms with Crippen LogP contribution >= 0.6 is 0 Å². The summed E-state index contributed by atoms with van der Waals surface area (Å²) in [5.74, 6) is 0.731. The van der Waals surface area contributed by atoms with Crippen LogP contribution in [0.1, 0.15) is 43.0 Å². The normalized spacial score (nSPS) is 23.6. The lowest BCUT2D eigenvalue weighted by molar-refractivity contribution is 0.269. The molecule has 1 fully saturated rings. The molecule has 2 nitrogen and oxygen atoms in total. The molecule has 1 heterocycles. The topological polar surface area (TPSA) is 24.9 Å². The second kappa shape index (κ2) is 5.54. The van der Waals surface area contributed by atoms with Gasteiger partial charge in [-0.3, -0.25) is 4.98 Å². The average molecular weight is 252 g/mol. The quantitative estimate of drug-likeness (QED) is 0.898. The van der Waals surface area contributed by atoms with E-state index in [9.17, 15) is 0 Å². The third kappa shape index (κ3) is 2.85. The zero-order valence-corrected chi connectivity index (χ0v) is 11.3. The van der Waals surface area contributed by atoms with Gasteiger partial charge in [-0.2, -0.15) is 0 Å². The Balaban J connectivity index is 1.52. The summed E-state index contributed by atoms with van der Waals surface area (Å²) in [6.07, 6.45) is 4.34. The highest BCUT2D eigenvalue weighted by Gasteiger charge is 2.30. The molecule has 3 rings (SSSR count). The van der Waals surface area contributed by atoms with Gasteiger partial charge in [-0.1, -0.05) is 36.4 Å². The van der Waals surface area contributed by atoms with Gasteiger partial charge < -0.3 is 5.32 Å². The second-order valence-corrected chi connectivity index (χ2v) is 5.42. The van der Waals surface area contributed by atoms with Crippen molar-refractivity contribution in [1.29, 1.82) is 0 Å². The molecule has 1 aliphatic carbocycles. The smallest absolute Gasteiger partial charge is 0.0570 e. The van der Waals surface area contributed by atoms with Gasteiger partial charge in [-0.15, -0.1) is 0 Å². The molecule has 0 aliphatic heterocycles. The third-order valence-electron chi connectivity index (χ3n) is 4.03. The van der Waals surface area contributed by atoms with E-state index in [1.165, 1.54) is 18.4 Å². The van der Waals surface area contributed by atoms with Crippen molar-refractivity contribution in [1.82, 2.24) is 10.3 Å². The maximum Gasteiger partial charge on any atom is 0.0570 e. The van der Waals surface area contributed by atoms with Crippen molar-refractivity contribution < 1.29 is 0 Å². The lowest BCUT2D eigenvalue weighted by Crippen LogP contribution is -2.41. The summed E-state index contributed by atoms with van der Waals surface area (Å²) in [6.45, 7) is 2.19. The maximum absolute atomic E-state index is 4.40. The summed E-state index contributed by atoms with van der Waals surface area (Å²) in [5.41, 5.74) is 2.61. The Kier molecular flexibility index (Phi) is 3.60. The summed E-state index contributed by atoms with van der Waals surface area (Å²) >= 11 is 0. The third-order valence-corrected chi connectivity index (χ3v) is 4.03. The van der Waals surface area contributed by atoms with E-state index < -0.39 is 0 Å². The van der Waals surface area contributed by atoms with E-state index in [1.807, 2.05) is 18.3 Å². The molecule has 0 amide bonds. The first kappa shape index (κ1) is 12.4. The Bertz CT molecular complexity index is 503. The van der Waals surface area contributed by atoms with Crippen molar-refractivity contribution in [3.8, 4) is 0 Å². The van der Waals surface area contributed by atoms with Crippen molar-refractivity contribution >= 4 is 0 Å². The average Bonchev–Trinajstić information content (AvgIpc) is 2.44. The molecular weight excluding hydrogens is 232 g/mol. The van der Waals surface area contributed by atoms with Gasteiger partial charge >= 0.3 is 0 Å². The fourth-order valence-corrected chi connectivity index (χ4v) is 2.82. The fraction of sp³-hybridized carbons (Fsp3) is 0.353. The van der Waals surface area contributed by atoms with Crippen LogP contribution in [-0.4, -0.2) is 11.0 Å². The van der Waals surface area contributed by atoms with Gasteiger partial charge in [0, 0.05) is 18.3 Å². The molecule has 0 bridgehead atoms. The first-order valence-corrected chi connectivity index (χ1v) is 7.05. The highest BCUT2D eigenvalue weighted by Crippen LogP contribution is 2.37. The Hall–Kier alpha value is -1.67. The predicted octanol–water partition coefficient (Wildman–Crippen LogP) is 3.68. The van der Waals surface area contributed by atoms with Crippen LogP contribution in [0.5, 0.6) is 0 Å². The monoisotopic (exact) mass is 252 g/mol. The molecule has 98 valence electrons. The van der Waals surface area contributed by atoms with Crippen LogP contribution in [0.3, 0.4) is 0 Å². The Morgan fingerprint density at radius 1 is 1.05 bits per heavy atom. The predicted molar refractivity (Wildman–Crippen MR) is 78.0 cm³/mol. The van der Waals surface area contributed by atoms with E-state index in [0.717, 1.165) is 11.6 Å². The molecule has 1 atom stereocenters. The van der Waals surface area contributed by atoms with Crippen LogP contribution in [0.15, 0.2) is 54.7 Å². The molecule has 2 heteroatoms. The number of pyridine rings is 1. The molecule has 1 N–H and O–H groups in total. The van der Waals surface area contributed by atoms with Gasteiger partial charge in [-0.25, -0.2) is 0 Å². The summed E-state index contributed by atoms with van der Waals surface area (Å²) in [5, 5.41) is 3.67. The largest absolute Gasteiger partial charge is 0.306 e. The van der Waals surface area contributed by atoms with Crippen LogP contribution in [0.4, 0.5) is 0 Å². The van der Waals surface area contributed by atoms with E-state index in [1.54, 1.807) is 0 Å². The molecule has 2 aromatic rings. The lowest BCUT2D eigenvalue weighted by atomic mass is 9.75. The summed E-state index contributed by atoms with van der Waals surface area (Å²) in [4.78, 5) is 4.40. The first-order valence-electron chi connectivity index (χ1n) is 7.05. The van der Waals surface area contributed by atoms with Crippen molar-refractivity contribution in [2.45, 2.75) is 37.8 Å². The SMILES string of the molecule is CC(NC1CC(c2ccccc2)C1)c1ccccn1. The van der Waals surface area contributed by atoms with Gasteiger partial charge in [0.2, 0.25) is 0 Å². The van der Waals surface area contributed by atoms with Crippen molar-refractivity contribution in [2.24, 2.45) is 0 Å². The fourth-order valence-electron chi connectivity index (χ4n) is 2.82. The number of benzene rings is 1. The maximum atomic E-state index is 4.40. The lowest BCUT2D eigenvalue weighted by Gasteiger charge is -2.38. The zero-order valence-electron chi connectivity index (χ0n) is 11.3. The highest BCUT2D eigenvalue weighted by molar-refractivity contribution is 5.23. The van der Waals surface area contributed by atoms with Gasteiger partial charge in [0.15, 0.2) is 0 Å². The summed E-state index contributed by atoms with van der Waals surface area (Å²) < 4.78 is 0. The zero-order chi connectivity index (χ0) is 13.1. The van der Waals surface area contributed by atoms with E-state index >= 15 is 0 Å². The minimum Gasteiger partial charge on any atom is -0.306 e. The molecule has 1 aromatic carbocycles. The van der Waals surface area contributed by atoms with Gasteiger partial charge in [0.1, 0.15) is 0 Å². The first-order chi connectivity index (χ1) is 9.33. The Labute approximate surface area is 114 Å². The molecule has 0 spiro atoms. The van der Waals surface area contributed by atoms with Crippen LogP contribution in [0, 0.1) is 0 Å². The van der Waals surface area contributed by atoms with Crippen molar-refractivity contribution in [3.05, 3.63) is 66.0 Å². The van der Waals surface area contributed by atoms with Crippen LogP contribution in [0.2, 0.25) is 0 Å². The van der Waals surface area contributed by atoms with E-state index in [2.05, 4.69) is 53.6 Å². The number of rotatable bonds is 4. The molecule has 0 saturated heterocycles.